The van der Waals surface area contributed by atoms with Crippen molar-refractivity contribution in [2.75, 3.05) is 13.7 Å². The van der Waals surface area contributed by atoms with E-state index in [1.54, 1.807) is 31.4 Å². The molecule has 27 heavy (non-hydrogen) atoms. The van der Waals surface area contributed by atoms with Gasteiger partial charge >= 0.3 is 0 Å². The highest BCUT2D eigenvalue weighted by Gasteiger charge is 2.09. The minimum Gasteiger partial charge on any atom is -0.497 e. The number of ether oxygens (including phenoxy) is 1. The zero-order valence-corrected chi connectivity index (χ0v) is 16.4. The lowest BCUT2D eigenvalue weighted by Crippen LogP contribution is -2.35. The van der Waals surface area contributed by atoms with Crippen LogP contribution < -0.4 is 15.4 Å². The lowest BCUT2D eigenvalue weighted by molar-refractivity contribution is -0.121. The number of hydrogen-bond acceptors (Lipinski definition) is 3. The van der Waals surface area contributed by atoms with Gasteiger partial charge in [0.05, 0.1) is 7.11 Å². The Morgan fingerprint density at radius 1 is 1.07 bits per heavy atom. The lowest BCUT2D eigenvalue weighted by atomic mass is 10.1. The SMILES string of the molecule is COc1ccc(CCC(C)NC(=O)CCNC(=O)c2ccc(Cl)cc2)cc1. The summed E-state index contributed by atoms with van der Waals surface area (Å²) in [5.41, 5.74) is 1.72. The number of carbonyl (C=O) groups excluding carboxylic acids is 2. The van der Waals surface area contributed by atoms with Crippen molar-refractivity contribution in [1.82, 2.24) is 10.6 Å². The largest absolute Gasteiger partial charge is 0.497 e. The summed E-state index contributed by atoms with van der Waals surface area (Å²) < 4.78 is 5.14. The van der Waals surface area contributed by atoms with Gasteiger partial charge in [-0.1, -0.05) is 23.7 Å². The average Bonchev–Trinajstić information content (AvgIpc) is 2.67. The van der Waals surface area contributed by atoms with Crippen LogP contribution in [0, 0.1) is 0 Å². The zero-order chi connectivity index (χ0) is 19.6. The number of benzene rings is 2. The molecule has 2 N–H and O–H groups in total. The minimum atomic E-state index is -0.216. The van der Waals surface area contributed by atoms with Crippen LogP contribution in [0.1, 0.15) is 35.7 Å². The highest BCUT2D eigenvalue weighted by atomic mass is 35.5. The smallest absolute Gasteiger partial charge is 0.251 e. The van der Waals surface area contributed by atoms with Crippen LogP contribution in [0.3, 0.4) is 0 Å². The number of methoxy groups -OCH3 is 1. The molecule has 0 spiro atoms. The third kappa shape index (κ3) is 7.31. The number of carbonyl (C=O) groups is 2. The summed E-state index contributed by atoms with van der Waals surface area (Å²) in [5, 5.41) is 6.28. The molecule has 0 radical (unpaired) electrons. The van der Waals surface area contributed by atoms with E-state index in [4.69, 9.17) is 16.3 Å². The highest BCUT2D eigenvalue weighted by Crippen LogP contribution is 2.13. The van der Waals surface area contributed by atoms with Gasteiger partial charge < -0.3 is 15.4 Å². The average molecular weight is 389 g/mol. The van der Waals surface area contributed by atoms with Gasteiger partial charge in [-0.05, 0) is 61.7 Å². The van der Waals surface area contributed by atoms with E-state index in [0.29, 0.717) is 17.1 Å². The molecular formula is C21H25ClN2O3. The molecule has 2 aromatic rings. The molecule has 2 aromatic carbocycles. The molecule has 1 unspecified atom stereocenters. The fraction of sp³-hybridized carbons (Fsp3) is 0.333. The zero-order valence-electron chi connectivity index (χ0n) is 15.6. The van der Waals surface area contributed by atoms with Crippen LogP contribution in [0.5, 0.6) is 5.75 Å². The molecule has 2 amide bonds. The van der Waals surface area contributed by atoms with Crippen molar-refractivity contribution in [3.05, 3.63) is 64.7 Å². The van der Waals surface area contributed by atoms with Crippen LogP contribution in [0.2, 0.25) is 5.02 Å². The van der Waals surface area contributed by atoms with Gasteiger partial charge in [0.15, 0.2) is 0 Å². The Hall–Kier alpha value is -2.53. The maximum Gasteiger partial charge on any atom is 0.251 e. The standard InChI is InChI=1S/C21H25ClN2O3/c1-15(3-4-16-5-11-19(27-2)12-6-16)24-20(25)13-14-23-21(26)17-7-9-18(22)10-8-17/h5-12,15H,3-4,13-14H2,1-2H3,(H,23,26)(H,24,25). The van der Waals surface area contributed by atoms with Crippen LogP contribution in [-0.2, 0) is 11.2 Å². The van der Waals surface area contributed by atoms with Gasteiger partial charge in [-0.2, -0.15) is 0 Å². The molecule has 0 aliphatic rings. The first kappa shape index (κ1) is 20.8. The van der Waals surface area contributed by atoms with E-state index < -0.39 is 0 Å². The fourth-order valence-corrected chi connectivity index (χ4v) is 2.71. The van der Waals surface area contributed by atoms with Gasteiger partial charge in [0.25, 0.3) is 5.91 Å². The summed E-state index contributed by atoms with van der Waals surface area (Å²) >= 11 is 5.80. The summed E-state index contributed by atoms with van der Waals surface area (Å²) in [6.45, 7) is 2.27. The fourth-order valence-electron chi connectivity index (χ4n) is 2.59. The lowest BCUT2D eigenvalue weighted by Gasteiger charge is -2.14. The van der Waals surface area contributed by atoms with Crippen LogP contribution >= 0.6 is 11.6 Å². The van der Waals surface area contributed by atoms with Crippen molar-refractivity contribution in [3.8, 4) is 5.75 Å². The predicted octanol–water partition coefficient (Wildman–Crippen LogP) is 3.61. The predicted molar refractivity (Wildman–Crippen MR) is 107 cm³/mol. The number of aryl methyl sites for hydroxylation is 1. The molecule has 144 valence electrons. The Bertz CT molecular complexity index is 745. The van der Waals surface area contributed by atoms with Crippen molar-refractivity contribution < 1.29 is 14.3 Å². The Balaban J connectivity index is 1.65. The number of hydrogen-bond donors (Lipinski definition) is 2. The molecule has 0 saturated carbocycles. The molecule has 0 aliphatic carbocycles. The second-order valence-electron chi connectivity index (χ2n) is 6.37. The van der Waals surface area contributed by atoms with Gasteiger partial charge in [-0.15, -0.1) is 0 Å². The topological polar surface area (TPSA) is 67.4 Å². The van der Waals surface area contributed by atoms with Gasteiger partial charge in [-0.25, -0.2) is 0 Å². The maximum absolute atomic E-state index is 12.0. The molecule has 2 rings (SSSR count). The van der Waals surface area contributed by atoms with Crippen LogP contribution in [0.15, 0.2) is 48.5 Å². The number of halogens is 1. The third-order valence-corrected chi connectivity index (χ3v) is 4.43. The third-order valence-electron chi connectivity index (χ3n) is 4.18. The van der Waals surface area contributed by atoms with E-state index in [2.05, 4.69) is 10.6 Å². The first-order valence-electron chi connectivity index (χ1n) is 8.94. The first-order valence-corrected chi connectivity index (χ1v) is 9.32. The van der Waals surface area contributed by atoms with Crippen molar-refractivity contribution in [1.29, 1.82) is 0 Å². The van der Waals surface area contributed by atoms with Gasteiger partial charge in [0.2, 0.25) is 5.91 Å². The monoisotopic (exact) mass is 388 g/mol. The van der Waals surface area contributed by atoms with Crippen LogP contribution in [-0.4, -0.2) is 31.5 Å². The summed E-state index contributed by atoms with van der Waals surface area (Å²) in [6.07, 6.45) is 1.96. The Labute approximate surface area is 165 Å². The van der Waals surface area contributed by atoms with Crippen molar-refractivity contribution in [3.63, 3.8) is 0 Å². The summed E-state index contributed by atoms with van der Waals surface area (Å²) in [5.74, 6) is 0.543. The molecule has 0 aliphatic heterocycles. The molecule has 5 nitrogen and oxygen atoms in total. The van der Waals surface area contributed by atoms with E-state index >= 15 is 0 Å². The molecule has 6 heteroatoms. The second-order valence-corrected chi connectivity index (χ2v) is 6.80. The van der Waals surface area contributed by atoms with E-state index in [-0.39, 0.29) is 24.3 Å². The van der Waals surface area contributed by atoms with E-state index in [1.165, 1.54) is 5.56 Å². The summed E-state index contributed by atoms with van der Waals surface area (Å²) in [4.78, 5) is 24.0. The number of rotatable bonds is 9. The number of nitrogens with one attached hydrogen (secondary N) is 2. The quantitative estimate of drug-likeness (QED) is 0.689. The van der Waals surface area contributed by atoms with Crippen molar-refractivity contribution >= 4 is 23.4 Å². The van der Waals surface area contributed by atoms with Crippen LogP contribution in [0.25, 0.3) is 0 Å². The van der Waals surface area contributed by atoms with E-state index in [0.717, 1.165) is 18.6 Å². The normalized spacial score (nSPS) is 11.5. The Morgan fingerprint density at radius 3 is 2.37 bits per heavy atom. The highest BCUT2D eigenvalue weighted by molar-refractivity contribution is 6.30. The molecular weight excluding hydrogens is 364 g/mol. The van der Waals surface area contributed by atoms with E-state index in [1.807, 2.05) is 31.2 Å². The maximum atomic E-state index is 12.0. The summed E-state index contributed by atoms with van der Waals surface area (Å²) in [7, 11) is 1.64. The van der Waals surface area contributed by atoms with Crippen molar-refractivity contribution in [2.45, 2.75) is 32.2 Å². The Kier molecular flexibility index (Phi) is 8.14. The van der Waals surface area contributed by atoms with Gasteiger partial charge in [0.1, 0.15) is 5.75 Å². The first-order chi connectivity index (χ1) is 13.0. The van der Waals surface area contributed by atoms with Gasteiger partial charge in [-0.3, -0.25) is 9.59 Å². The molecule has 0 heterocycles. The molecule has 0 bridgehead atoms. The summed E-state index contributed by atoms with van der Waals surface area (Å²) in [6, 6.07) is 14.6. The van der Waals surface area contributed by atoms with Crippen LogP contribution in [0.4, 0.5) is 0 Å². The van der Waals surface area contributed by atoms with E-state index in [9.17, 15) is 9.59 Å². The number of amides is 2. The molecule has 0 saturated heterocycles. The molecule has 0 aromatic heterocycles. The molecule has 1 atom stereocenters. The second kappa shape index (κ2) is 10.6. The molecule has 0 fully saturated rings. The van der Waals surface area contributed by atoms with Gasteiger partial charge in [0, 0.05) is 29.6 Å². The Morgan fingerprint density at radius 2 is 1.74 bits per heavy atom. The minimum absolute atomic E-state index is 0.0616. The van der Waals surface area contributed by atoms with Crippen molar-refractivity contribution in [2.24, 2.45) is 0 Å².